The predicted molar refractivity (Wildman–Crippen MR) is 62.7 cm³/mol. The molecule has 0 atom stereocenters. The average molecular weight is 321 g/mol. The van der Waals surface area contributed by atoms with Crippen molar-refractivity contribution in [2.45, 2.75) is 6.54 Å². The zero-order valence-electron chi connectivity index (χ0n) is 7.44. The van der Waals surface area contributed by atoms with E-state index in [4.69, 9.17) is 5.73 Å². The smallest absolute Gasteiger partial charge is 0.152 e. The predicted octanol–water partition coefficient (Wildman–Crippen LogP) is 1.00. The van der Waals surface area contributed by atoms with Crippen molar-refractivity contribution >= 4 is 33.9 Å². The molecule has 14 heavy (non-hydrogen) atoms. The Bertz CT molecular complexity index is 449. The van der Waals surface area contributed by atoms with Gasteiger partial charge in [0, 0.05) is 13.6 Å². The Balaban J connectivity index is 2.44. The lowest BCUT2D eigenvalue weighted by Crippen LogP contribution is -1.94. The second-order valence-corrected chi connectivity index (χ2v) is 4.76. The molecule has 0 radical (unpaired) electrons. The van der Waals surface area contributed by atoms with Gasteiger partial charge >= 0.3 is 0 Å². The fraction of sp³-hybridized carbons (Fsp3) is 0.286. The highest BCUT2D eigenvalue weighted by molar-refractivity contribution is 14.1. The number of halogens is 1. The number of aryl methyl sites for hydroxylation is 1. The highest BCUT2D eigenvalue weighted by Crippen LogP contribution is 2.27. The molecule has 0 bridgehead atoms. The number of rotatable bonds is 2. The molecular formula is C7H8IN5S. The number of nitrogens with two attached hydrogens (primary N) is 1. The molecule has 0 aromatic carbocycles. The first-order valence-electron chi connectivity index (χ1n) is 3.92. The fourth-order valence-electron chi connectivity index (χ4n) is 1.01. The van der Waals surface area contributed by atoms with Crippen molar-refractivity contribution in [3.63, 3.8) is 0 Å². The van der Waals surface area contributed by atoms with Gasteiger partial charge in [0.15, 0.2) is 5.01 Å². The molecule has 7 heteroatoms. The highest BCUT2D eigenvalue weighted by atomic mass is 127. The van der Waals surface area contributed by atoms with Crippen LogP contribution in [0.5, 0.6) is 0 Å². The second kappa shape index (κ2) is 3.91. The van der Waals surface area contributed by atoms with Crippen molar-refractivity contribution in [2.24, 2.45) is 12.8 Å². The van der Waals surface area contributed by atoms with E-state index < -0.39 is 0 Å². The fourth-order valence-corrected chi connectivity index (χ4v) is 2.44. The van der Waals surface area contributed by atoms with Gasteiger partial charge in [-0.05, 0) is 22.6 Å². The molecule has 2 aromatic rings. The summed E-state index contributed by atoms with van der Waals surface area (Å²) in [7, 11) is 1.90. The lowest BCUT2D eigenvalue weighted by atomic mass is 10.4. The summed E-state index contributed by atoms with van der Waals surface area (Å²) in [5, 5.41) is 13.9. The molecule has 0 aliphatic carbocycles. The quantitative estimate of drug-likeness (QED) is 0.838. The topological polar surface area (TPSA) is 69.6 Å². The summed E-state index contributed by atoms with van der Waals surface area (Å²) in [5.74, 6) is 0. The molecule has 0 saturated carbocycles. The summed E-state index contributed by atoms with van der Waals surface area (Å²) in [6, 6.07) is 0. The summed E-state index contributed by atoms with van der Waals surface area (Å²) >= 11 is 3.74. The first-order chi connectivity index (χ1) is 6.72. The van der Waals surface area contributed by atoms with Gasteiger partial charge in [-0.25, -0.2) is 0 Å². The summed E-state index contributed by atoms with van der Waals surface area (Å²) < 4.78 is 2.86. The minimum atomic E-state index is 0.439. The van der Waals surface area contributed by atoms with Crippen LogP contribution in [0.15, 0.2) is 6.20 Å². The van der Waals surface area contributed by atoms with Crippen molar-refractivity contribution < 1.29 is 0 Å². The van der Waals surface area contributed by atoms with E-state index in [0.717, 1.165) is 19.3 Å². The lowest BCUT2D eigenvalue weighted by Gasteiger charge is -1.92. The zero-order chi connectivity index (χ0) is 10.1. The van der Waals surface area contributed by atoms with Gasteiger partial charge in [-0.2, -0.15) is 5.10 Å². The molecule has 0 aliphatic rings. The molecule has 0 aliphatic heterocycles. The molecule has 74 valence electrons. The van der Waals surface area contributed by atoms with E-state index in [9.17, 15) is 0 Å². The SMILES string of the molecule is Cn1ncc(-c2nnc(CN)s2)c1I. The molecule has 0 spiro atoms. The van der Waals surface area contributed by atoms with Gasteiger partial charge in [-0.15, -0.1) is 10.2 Å². The van der Waals surface area contributed by atoms with Gasteiger partial charge in [0.05, 0.1) is 11.8 Å². The Hall–Kier alpha value is -0.540. The molecule has 2 rings (SSSR count). The van der Waals surface area contributed by atoms with Crippen LogP contribution in [0.3, 0.4) is 0 Å². The molecule has 2 heterocycles. The normalized spacial score (nSPS) is 10.8. The monoisotopic (exact) mass is 321 g/mol. The number of hydrogen-bond donors (Lipinski definition) is 1. The number of hydrogen-bond acceptors (Lipinski definition) is 5. The van der Waals surface area contributed by atoms with E-state index in [1.165, 1.54) is 11.3 Å². The van der Waals surface area contributed by atoms with E-state index in [0.29, 0.717) is 6.54 Å². The van der Waals surface area contributed by atoms with Crippen molar-refractivity contribution in [2.75, 3.05) is 0 Å². The van der Waals surface area contributed by atoms with Crippen LogP contribution in [0.4, 0.5) is 0 Å². The molecule has 0 amide bonds. The van der Waals surface area contributed by atoms with Crippen molar-refractivity contribution in [3.8, 4) is 10.6 Å². The Labute approximate surface area is 98.5 Å². The third-order valence-electron chi connectivity index (χ3n) is 1.74. The molecule has 0 unspecified atom stereocenters. The highest BCUT2D eigenvalue weighted by Gasteiger charge is 2.12. The van der Waals surface area contributed by atoms with Gasteiger partial charge in [0.25, 0.3) is 0 Å². The van der Waals surface area contributed by atoms with Crippen molar-refractivity contribution in [1.29, 1.82) is 0 Å². The largest absolute Gasteiger partial charge is 0.324 e. The standard InChI is InChI=1S/C7H8IN5S/c1-13-6(8)4(3-10-13)7-12-11-5(2-9)14-7/h3H,2,9H2,1H3. The van der Waals surface area contributed by atoms with Gasteiger partial charge in [-0.1, -0.05) is 11.3 Å². The second-order valence-electron chi connectivity index (χ2n) is 2.68. The van der Waals surface area contributed by atoms with Gasteiger partial charge < -0.3 is 5.73 Å². The Kier molecular flexibility index (Phi) is 2.79. The maximum absolute atomic E-state index is 5.47. The van der Waals surface area contributed by atoms with E-state index in [1.807, 2.05) is 7.05 Å². The van der Waals surface area contributed by atoms with Crippen LogP contribution in [0.2, 0.25) is 0 Å². The third kappa shape index (κ3) is 1.66. The van der Waals surface area contributed by atoms with Gasteiger partial charge in [0.2, 0.25) is 0 Å². The van der Waals surface area contributed by atoms with Crippen LogP contribution in [0.1, 0.15) is 5.01 Å². The summed E-state index contributed by atoms with van der Waals surface area (Å²) in [6.45, 7) is 0.439. The van der Waals surface area contributed by atoms with Gasteiger partial charge in [-0.3, -0.25) is 4.68 Å². The maximum Gasteiger partial charge on any atom is 0.152 e. The summed E-state index contributed by atoms with van der Waals surface area (Å²) in [5.41, 5.74) is 6.49. The number of nitrogens with zero attached hydrogens (tertiary/aromatic N) is 4. The molecule has 0 fully saturated rings. The molecule has 2 aromatic heterocycles. The van der Waals surface area contributed by atoms with Crippen molar-refractivity contribution in [1.82, 2.24) is 20.0 Å². The van der Waals surface area contributed by atoms with E-state index in [2.05, 4.69) is 37.9 Å². The van der Waals surface area contributed by atoms with Crippen LogP contribution in [0.25, 0.3) is 10.6 Å². The summed E-state index contributed by atoms with van der Waals surface area (Å²) in [4.78, 5) is 0. The minimum absolute atomic E-state index is 0.439. The van der Waals surface area contributed by atoms with Gasteiger partial charge in [0.1, 0.15) is 8.71 Å². The Morgan fingerprint density at radius 1 is 1.57 bits per heavy atom. The van der Waals surface area contributed by atoms with Crippen molar-refractivity contribution in [3.05, 3.63) is 14.9 Å². The van der Waals surface area contributed by atoms with Crippen LogP contribution in [-0.4, -0.2) is 20.0 Å². The average Bonchev–Trinajstić information content (AvgIpc) is 2.75. The molecule has 0 saturated heterocycles. The van der Waals surface area contributed by atoms with E-state index in [1.54, 1.807) is 10.9 Å². The molecule has 5 nitrogen and oxygen atoms in total. The lowest BCUT2D eigenvalue weighted by molar-refractivity contribution is 0.748. The van der Waals surface area contributed by atoms with Crippen LogP contribution >= 0.6 is 33.9 Å². The maximum atomic E-state index is 5.47. The molecular weight excluding hydrogens is 313 g/mol. The first kappa shape index (κ1) is 9.99. The molecule has 2 N–H and O–H groups in total. The number of aromatic nitrogens is 4. The third-order valence-corrected chi connectivity index (χ3v) is 4.00. The zero-order valence-corrected chi connectivity index (χ0v) is 10.4. The van der Waals surface area contributed by atoms with Crippen LogP contribution in [0, 0.1) is 3.70 Å². The van der Waals surface area contributed by atoms with E-state index >= 15 is 0 Å². The van der Waals surface area contributed by atoms with Crippen LogP contribution < -0.4 is 5.73 Å². The van der Waals surface area contributed by atoms with Crippen LogP contribution in [-0.2, 0) is 13.6 Å². The minimum Gasteiger partial charge on any atom is -0.324 e. The Morgan fingerprint density at radius 3 is 2.86 bits per heavy atom. The summed E-state index contributed by atoms with van der Waals surface area (Å²) in [6.07, 6.45) is 1.79. The first-order valence-corrected chi connectivity index (χ1v) is 5.82. The van der Waals surface area contributed by atoms with E-state index in [-0.39, 0.29) is 0 Å². The Morgan fingerprint density at radius 2 is 2.36 bits per heavy atom.